The number of nitrogens with one attached hydrogen (secondary N) is 2. The quantitative estimate of drug-likeness (QED) is 0.778. The molecule has 0 aromatic heterocycles. The maximum atomic E-state index is 12.4. The molecule has 0 saturated heterocycles. The van der Waals surface area contributed by atoms with Crippen molar-refractivity contribution in [2.75, 3.05) is 20.4 Å². The normalized spacial score (nSPS) is 12.8. The van der Waals surface area contributed by atoms with Crippen LogP contribution in [0.4, 0.5) is 0 Å². The molecule has 2 N–H and O–H groups in total. The molecule has 7 nitrogen and oxygen atoms in total. The predicted molar refractivity (Wildman–Crippen MR) is 96.3 cm³/mol. The number of halogens is 1. The van der Waals surface area contributed by atoms with E-state index in [0.29, 0.717) is 24.5 Å². The second kappa shape index (κ2) is 7.53. The van der Waals surface area contributed by atoms with Crippen LogP contribution in [-0.4, -0.2) is 34.7 Å². The van der Waals surface area contributed by atoms with Crippen molar-refractivity contribution in [1.29, 1.82) is 0 Å². The standard InChI is InChI=1S/C17H17ClN2O5S/c1-19-26(22,23)12-3-4-14(18)13(9-12)17(21)20-7-6-11-2-5-15-16(8-11)25-10-24-15/h2-5,8-9,19H,6-7,10H2,1H3,(H,20,21). The largest absolute Gasteiger partial charge is 0.454 e. The summed E-state index contributed by atoms with van der Waals surface area (Å²) in [4.78, 5) is 12.3. The van der Waals surface area contributed by atoms with Crippen LogP contribution >= 0.6 is 11.6 Å². The van der Waals surface area contributed by atoms with Crippen LogP contribution < -0.4 is 19.5 Å². The van der Waals surface area contributed by atoms with Gasteiger partial charge in [-0.25, -0.2) is 13.1 Å². The summed E-state index contributed by atoms with van der Waals surface area (Å²) in [7, 11) is -2.35. The molecule has 0 radical (unpaired) electrons. The van der Waals surface area contributed by atoms with Crippen molar-refractivity contribution in [3.05, 3.63) is 52.5 Å². The number of carbonyl (C=O) groups excluding carboxylic acids is 1. The van der Waals surface area contributed by atoms with E-state index in [2.05, 4.69) is 10.0 Å². The number of carbonyl (C=O) groups is 1. The number of amides is 1. The smallest absolute Gasteiger partial charge is 0.252 e. The van der Waals surface area contributed by atoms with E-state index in [1.54, 1.807) is 0 Å². The molecule has 1 amide bonds. The summed E-state index contributed by atoms with van der Waals surface area (Å²) in [6.45, 7) is 0.567. The van der Waals surface area contributed by atoms with Crippen molar-refractivity contribution in [1.82, 2.24) is 10.0 Å². The Morgan fingerprint density at radius 1 is 1.15 bits per heavy atom. The molecule has 2 aromatic rings. The van der Waals surface area contributed by atoms with Crippen molar-refractivity contribution in [2.24, 2.45) is 0 Å². The zero-order chi connectivity index (χ0) is 18.7. The Kier molecular flexibility index (Phi) is 5.36. The molecule has 9 heteroatoms. The summed E-state index contributed by atoms with van der Waals surface area (Å²) in [6, 6.07) is 9.57. The molecule has 0 aliphatic carbocycles. The number of hydrogen-bond acceptors (Lipinski definition) is 5. The molecule has 1 aliphatic heterocycles. The zero-order valence-electron chi connectivity index (χ0n) is 13.9. The molecular weight excluding hydrogens is 380 g/mol. The molecular formula is C17H17ClN2O5S. The molecule has 1 aliphatic rings. The summed E-state index contributed by atoms with van der Waals surface area (Å²) in [5, 5.41) is 2.92. The fourth-order valence-electron chi connectivity index (χ4n) is 2.48. The van der Waals surface area contributed by atoms with Gasteiger partial charge in [-0.2, -0.15) is 0 Å². The summed E-state index contributed by atoms with van der Waals surface area (Å²) in [5.74, 6) is 0.942. The predicted octanol–water partition coefficient (Wildman–Crippen LogP) is 1.95. The van der Waals surface area contributed by atoms with Gasteiger partial charge in [-0.1, -0.05) is 17.7 Å². The Labute approximate surface area is 156 Å². The molecule has 0 bridgehead atoms. The topological polar surface area (TPSA) is 93.7 Å². The van der Waals surface area contributed by atoms with Crippen LogP contribution in [0.25, 0.3) is 0 Å². The minimum atomic E-state index is -3.65. The third-order valence-electron chi connectivity index (χ3n) is 3.90. The first-order valence-electron chi connectivity index (χ1n) is 7.80. The molecule has 2 aromatic carbocycles. The van der Waals surface area contributed by atoms with Gasteiger partial charge in [-0.05, 0) is 49.4 Å². The first kappa shape index (κ1) is 18.5. The monoisotopic (exact) mass is 396 g/mol. The second-order valence-corrected chi connectivity index (χ2v) is 7.84. The highest BCUT2D eigenvalue weighted by Gasteiger charge is 2.17. The molecule has 138 valence electrons. The fraction of sp³-hybridized carbons (Fsp3) is 0.235. The van der Waals surface area contributed by atoms with Crippen LogP contribution in [-0.2, 0) is 16.4 Å². The fourth-order valence-corrected chi connectivity index (χ4v) is 3.43. The van der Waals surface area contributed by atoms with E-state index in [-0.39, 0.29) is 22.3 Å². The first-order chi connectivity index (χ1) is 12.4. The Morgan fingerprint density at radius 3 is 2.69 bits per heavy atom. The molecule has 0 atom stereocenters. The molecule has 0 saturated carbocycles. The van der Waals surface area contributed by atoms with Crippen LogP contribution in [0.5, 0.6) is 11.5 Å². The average molecular weight is 397 g/mol. The zero-order valence-corrected chi connectivity index (χ0v) is 15.5. The first-order valence-corrected chi connectivity index (χ1v) is 9.66. The highest BCUT2D eigenvalue weighted by atomic mass is 35.5. The van der Waals surface area contributed by atoms with Gasteiger partial charge in [-0.15, -0.1) is 0 Å². The van der Waals surface area contributed by atoms with Gasteiger partial charge in [0.1, 0.15) is 0 Å². The minimum absolute atomic E-state index is 0.0229. The Hall–Kier alpha value is -2.29. The van der Waals surface area contributed by atoms with Crippen LogP contribution in [0.2, 0.25) is 5.02 Å². The number of hydrogen-bond donors (Lipinski definition) is 2. The lowest BCUT2D eigenvalue weighted by molar-refractivity contribution is 0.0954. The second-order valence-electron chi connectivity index (χ2n) is 5.54. The highest BCUT2D eigenvalue weighted by Crippen LogP contribution is 2.32. The summed E-state index contributed by atoms with van der Waals surface area (Å²) < 4.78 is 36.5. The van der Waals surface area contributed by atoms with Crippen molar-refractivity contribution in [2.45, 2.75) is 11.3 Å². The SMILES string of the molecule is CNS(=O)(=O)c1ccc(Cl)c(C(=O)NCCc2ccc3c(c2)OCO3)c1. The van der Waals surface area contributed by atoms with E-state index in [1.165, 1.54) is 25.2 Å². The van der Waals surface area contributed by atoms with Crippen molar-refractivity contribution in [3.63, 3.8) is 0 Å². The van der Waals surface area contributed by atoms with Gasteiger partial charge in [0.15, 0.2) is 11.5 Å². The van der Waals surface area contributed by atoms with Gasteiger partial charge >= 0.3 is 0 Å². The Bertz CT molecular complexity index is 946. The van der Waals surface area contributed by atoms with E-state index in [4.69, 9.17) is 21.1 Å². The third kappa shape index (κ3) is 3.92. The van der Waals surface area contributed by atoms with Crippen LogP contribution in [0.3, 0.4) is 0 Å². The number of fused-ring (bicyclic) bond motifs is 1. The number of rotatable bonds is 6. The lowest BCUT2D eigenvalue weighted by Crippen LogP contribution is -2.26. The molecule has 0 fully saturated rings. The third-order valence-corrected chi connectivity index (χ3v) is 5.64. The van der Waals surface area contributed by atoms with Crippen LogP contribution in [0.1, 0.15) is 15.9 Å². The lowest BCUT2D eigenvalue weighted by atomic mass is 10.1. The Morgan fingerprint density at radius 2 is 1.92 bits per heavy atom. The molecule has 0 spiro atoms. The van der Waals surface area contributed by atoms with Crippen molar-refractivity contribution >= 4 is 27.5 Å². The molecule has 26 heavy (non-hydrogen) atoms. The Balaban J connectivity index is 1.66. The number of benzene rings is 2. The number of sulfonamides is 1. The lowest BCUT2D eigenvalue weighted by Gasteiger charge is -2.09. The van der Waals surface area contributed by atoms with E-state index in [1.807, 2.05) is 18.2 Å². The summed E-state index contributed by atoms with van der Waals surface area (Å²) >= 11 is 6.04. The maximum absolute atomic E-state index is 12.4. The molecule has 1 heterocycles. The van der Waals surface area contributed by atoms with E-state index in [9.17, 15) is 13.2 Å². The number of ether oxygens (including phenoxy) is 2. The molecule has 0 unspecified atom stereocenters. The summed E-state index contributed by atoms with van der Waals surface area (Å²) in [6.07, 6.45) is 0.578. The van der Waals surface area contributed by atoms with Crippen LogP contribution in [0.15, 0.2) is 41.3 Å². The van der Waals surface area contributed by atoms with Crippen molar-refractivity contribution in [3.8, 4) is 11.5 Å². The highest BCUT2D eigenvalue weighted by molar-refractivity contribution is 7.89. The van der Waals surface area contributed by atoms with Crippen LogP contribution in [0, 0.1) is 0 Å². The van der Waals surface area contributed by atoms with Gasteiger partial charge in [0.2, 0.25) is 16.8 Å². The van der Waals surface area contributed by atoms with E-state index < -0.39 is 15.9 Å². The van der Waals surface area contributed by atoms with E-state index >= 15 is 0 Å². The minimum Gasteiger partial charge on any atom is -0.454 e. The van der Waals surface area contributed by atoms with Gasteiger partial charge in [0.05, 0.1) is 15.5 Å². The van der Waals surface area contributed by atoms with Gasteiger partial charge in [-0.3, -0.25) is 4.79 Å². The molecule has 3 rings (SSSR count). The van der Waals surface area contributed by atoms with Gasteiger partial charge in [0, 0.05) is 6.54 Å². The maximum Gasteiger partial charge on any atom is 0.252 e. The van der Waals surface area contributed by atoms with E-state index in [0.717, 1.165) is 5.56 Å². The van der Waals surface area contributed by atoms with Gasteiger partial charge < -0.3 is 14.8 Å². The van der Waals surface area contributed by atoms with Gasteiger partial charge in [0.25, 0.3) is 5.91 Å². The average Bonchev–Trinajstić information content (AvgIpc) is 3.09. The summed E-state index contributed by atoms with van der Waals surface area (Å²) in [5.41, 5.74) is 1.08. The van der Waals surface area contributed by atoms with Crippen molar-refractivity contribution < 1.29 is 22.7 Å².